The van der Waals surface area contributed by atoms with Crippen LogP contribution in [0.1, 0.15) is 32.6 Å². The molecule has 2 atom stereocenters. The zero-order valence-corrected chi connectivity index (χ0v) is 7.21. The van der Waals surface area contributed by atoms with Crippen LogP contribution in [0.25, 0.3) is 0 Å². The van der Waals surface area contributed by atoms with Crippen LogP contribution in [0.5, 0.6) is 0 Å². The van der Waals surface area contributed by atoms with Crippen molar-refractivity contribution in [3.05, 3.63) is 0 Å². The van der Waals surface area contributed by atoms with Crippen molar-refractivity contribution in [1.29, 1.82) is 0 Å². The molecule has 0 aromatic rings. The molecule has 0 N–H and O–H groups in total. The normalized spacial score (nSPS) is 29.4. The summed E-state index contributed by atoms with van der Waals surface area (Å²) in [5.41, 5.74) is 0. The highest BCUT2D eigenvalue weighted by molar-refractivity contribution is 5.67. The Hall–Kier alpha value is -0.860. The fraction of sp³-hybridized carbons (Fsp3) is 0.778. The Morgan fingerprint density at radius 2 is 2.08 bits per heavy atom. The van der Waals surface area contributed by atoms with E-state index in [1.807, 2.05) is 6.29 Å². The number of carbonyl (C=O) groups is 1. The van der Waals surface area contributed by atoms with Crippen LogP contribution < -0.4 is 0 Å². The van der Waals surface area contributed by atoms with Gasteiger partial charge in [0, 0.05) is 6.92 Å². The Morgan fingerprint density at radius 3 is 2.67 bits per heavy atom. The van der Waals surface area contributed by atoms with Crippen LogP contribution in [-0.4, -0.2) is 18.4 Å². The lowest BCUT2D eigenvalue weighted by Gasteiger charge is -2.26. The van der Waals surface area contributed by atoms with E-state index in [0.29, 0.717) is 0 Å². The van der Waals surface area contributed by atoms with Gasteiger partial charge in [0.15, 0.2) is 0 Å². The van der Waals surface area contributed by atoms with Crippen LogP contribution in [0, 0.1) is 5.92 Å². The van der Waals surface area contributed by atoms with Gasteiger partial charge in [-0.15, -0.1) is 0 Å². The first-order valence-electron chi connectivity index (χ1n) is 4.29. The Bertz CT molecular complexity index is 177. The molecular weight excluding hydrogens is 156 g/mol. The van der Waals surface area contributed by atoms with Crippen LogP contribution in [0.4, 0.5) is 0 Å². The van der Waals surface area contributed by atoms with Gasteiger partial charge in [0.2, 0.25) is 6.29 Å². The van der Waals surface area contributed by atoms with Crippen LogP contribution >= 0.6 is 0 Å². The molecule has 0 saturated heterocycles. The molecule has 1 saturated carbocycles. The highest BCUT2D eigenvalue weighted by Gasteiger charge is 2.27. The van der Waals surface area contributed by atoms with E-state index in [0.717, 1.165) is 25.7 Å². The van der Waals surface area contributed by atoms with Gasteiger partial charge in [0.1, 0.15) is 6.10 Å². The topological polar surface area (TPSA) is 43.4 Å². The van der Waals surface area contributed by atoms with Crippen molar-refractivity contribution in [2.24, 2.45) is 5.92 Å². The van der Waals surface area contributed by atoms with E-state index in [9.17, 15) is 9.59 Å². The highest BCUT2D eigenvalue weighted by Crippen LogP contribution is 2.25. The monoisotopic (exact) mass is 169 g/mol. The number of hydrogen-bond donors (Lipinski definition) is 0. The van der Waals surface area contributed by atoms with Crippen LogP contribution in [0.3, 0.4) is 0 Å². The number of esters is 1. The van der Waals surface area contributed by atoms with E-state index >= 15 is 0 Å². The molecule has 1 rings (SSSR count). The molecule has 0 aromatic carbocycles. The van der Waals surface area contributed by atoms with Crippen molar-refractivity contribution in [2.45, 2.75) is 38.7 Å². The summed E-state index contributed by atoms with van der Waals surface area (Å²) < 4.78 is 4.99. The summed E-state index contributed by atoms with van der Waals surface area (Å²) in [6.07, 6.45) is 5.41. The molecule has 0 bridgehead atoms. The van der Waals surface area contributed by atoms with Crippen LogP contribution in [0.15, 0.2) is 0 Å². The van der Waals surface area contributed by atoms with E-state index in [2.05, 4.69) is 0 Å². The minimum Gasteiger partial charge on any atom is -0.462 e. The van der Waals surface area contributed by atoms with Crippen molar-refractivity contribution in [2.75, 3.05) is 0 Å². The molecule has 0 amide bonds. The van der Waals surface area contributed by atoms with Gasteiger partial charge >= 0.3 is 5.97 Å². The predicted molar refractivity (Wildman–Crippen MR) is 43.2 cm³/mol. The second-order valence-corrected chi connectivity index (χ2v) is 3.16. The number of ether oxygens (including phenoxy) is 1. The molecule has 1 fully saturated rings. The summed E-state index contributed by atoms with van der Waals surface area (Å²) in [6, 6.07) is 0. The molecule has 3 heteroatoms. The number of carbonyl (C=O) groups excluding carboxylic acids is 2. The Balaban J connectivity index is 2.46. The SMILES string of the molecule is CC(=O)OC1CCCCC1[C]=O. The minimum atomic E-state index is -0.304. The first kappa shape index (κ1) is 9.23. The van der Waals surface area contributed by atoms with Gasteiger partial charge in [-0.25, -0.2) is 0 Å². The third-order valence-corrected chi connectivity index (χ3v) is 2.17. The summed E-state index contributed by atoms with van der Waals surface area (Å²) in [5, 5.41) is 0. The van der Waals surface area contributed by atoms with E-state index in [1.165, 1.54) is 6.92 Å². The standard InChI is InChI=1S/C9H13O3/c1-7(11)12-9-5-3-2-4-8(9)6-10/h8-9H,2-5H2,1H3. The zero-order chi connectivity index (χ0) is 8.97. The van der Waals surface area contributed by atoms with Crippen molar-refractivity contribution in [3.63, 3.8) is 0 Å². The summed E-state index contributed by atoms with van der Waals surface area (Å²) in [6.45, 7) is 1.37. The number of hydrogen-bond acceptors (Lipinski definition) is 3. The van der Waals surface area contributed by atoms with E-state index in [4.69, 9.17) is 4.74 Å². The van der Waals surface area contributed by atoms with Crippen LogP contribution in [0.2, 0.25) is 0 Å². The molecule has 0 aliphatic heterocycles. The molecule has 67 valence electrons. The van der Waals surface area contributed by atoms with Crippen molar-refractivity contribution in [1.82, 2.24) is 0 Å². The minimum absolute atomic E-state index is 0.192. The smallest absolute Gasteiger partial charge is 0.302 e. The molecule has 1 radical (unpaired) electrons. The number of rotatable bonds is 2. The molecule has 1 aliphatic rings. The fourth-order valence-corrected chi connectivity index (χ4v) is 1.59. The maximum absolute atomic E-state index is 10.6. The average molecular weight is 169 g/mol. The summed E-state index contributed by atoms with van der Waals surface area (Å²) >= 11 is 0. The van der Waals surface area contributed by atoms with Crippen LogP contribution in [-0.2, 0) is 14.3 Å². The van der Waals surface area contributed by atoms with E-state index < -0.39 is 0 Å². The Kier molecular flexibility index (Phi) is 3.26. The molecule has 0 spiro atoms. The quantitative estimate of drug-likeness (QED) is 0.584. The Morgan fingerprint density at radius 1 is 1.42 bits per heavy atom. The van der Waals surface area contributed by atoms with Crippen molar-refractivity contribution in [3.8, 4) is 0 Å². The van der Waals surface area contributed by atoms with E-state index in [-0.39, 0.29) is 18.0 Å². The Labute approximate surface area is 72.1 Å². The second-order valence-electron chi connectivity index (χ2n) is 3.16. The average Bonchev–Trinajstić information content (AvgIpc) is 2.04. The van der Waals surface area contributed by atoms with Gasteiger partial charge in [-0.2, -0.15) is 0 Å². The largest absolute Gasteiger partial charge is 0.462 e. The van der Waals surface area contributed by atoms with Gasteiger partial charge in [0.05, 0.1) is 5.92 Å². The molecule has 12 heavy (non-hydrogen) atoms. The lowest BCUT2D eigenvalue weighted by atomic mass is 9.87. The lowest BCUT2D eigenvalue weighted by Crippen LogP contribution is -2.30. The third kappa shape index (κ3) is 2.32. The summed E-state index contributed by atoms with van der Waals surface area (Å²) in [4.78, 5) is 21.1. The van der Waals surface area contributed by atoms with Gasteiger partial charge in [0.25, 0.3) is 0 Å². The molecule has 0 aromatic heterocycles. The molecule has 3 nitrogen and oxygen atoms in total. The molecule has 0 heterocycles. The molecular formula is C9H13O3. The van der Waals surface area contributed by atoms with Crippen molar-refractivity contribution < 1.29 is 14.3 Å². The highest BCUT2D eigenvalue weighted by atomic mass is 16.5. The van der Waals surface area contributed by atoms with Gasteiger partial charge in [-0.3, -0.25) is 9.59 Å². The van der Waals surface area contributed by atoms with Gasteiger partial charge in [-0.05, 0) is 19.3 Å². The zero-order valence-electron chi connectivity index (χ0n) is 7.21. The first-order valence-corrected chi connectivity index (χ1v) is 4.29. The maximum Gasteiger partial charge on any atom is 0.302 e. The van der Waals surface area contributed by atoms with Gasteiger partial charge in [-0.1, -0.05) is 6.42 Å². The summed E-state index contributed by atoms with van der Waals surface area (Å²) in [7, 11) is 0. The van der Waals surface area contributed by atoms with Crippen molar-refractivity contribution >= 4 is 12.3 Å². The molecule has 2 unspecified atom stereocenters. The fourth-order valence-electron chi connectivity index (χ4n) is 1.59. The second kappa shape index (κ2) is 4.24. The summed E-state index contributed by atoms with van der Waals surface area (Å²) in [5.74, 6) is -0.496. The molecule has 1 aliphatic carbocycles. The first-order chi connectivity index (χ1) is 5.74. The van der Waals surface area contributed by atoms with E-state index in [1.54, 1.807) is 0 Å². The van der Waals surface area contributed by atoms with Gasteiger partial charge < -0.3 is 4.74 Å². The predicted octanol–water partition coefficient (Wildman–Crippen LogP) is 1.22. The lowest BCUT2D eigenvalue weighted by molar-refractivity contribution is -0.149. The maximum atomic E-state index is 10.6. The third-order valence-electron chi connectivity index (χ3n) is 2.17.